The molecule has 7 heteroatoms. The summed E-state index contributed by atoms with van der Waals surface area (Å²) >= 11 is 1.27. The van der Waals surface area contributed by atoms with Gasteiger partial charge in [0.2, 0.25) is 0 Å². The molecule has 0 aliphatic heterocycles. The molecule has 0 saturated heterocycles. The van der Waals surface area contributed by atoms with Gasteiger partial charge in [-0.05, 0) is 13.8 Å². The number of nitrogen functional groups attached to an aromatic ring is 1. The number of rotatable bonds is 3. The Balaban J connectivity index is 2.19. The van der Waals surface area contributed by atoms with Crippen molar-refractivity contribution in [2.24, 2.45) is 0 Å². The van der Waals surface area contributed by atoms with E-state index in [0.717, 1.165) is 0 Å². The maximum absolute atomic E-state index is 9.49. The van der Waals surface area contributed by atoms with Gasteiger partial charge in [0.15, 0.2) is 9.96 Å². The van der Waals surface area contributed by atoms with Crippen molar-refractivity contribution in [1.29, 1.82) is 0 Å². The van der Waals surface area contributed by atoms with Gasteiger partial charge in [-0.25, -0.2) is 9.97 Å². The fourth-order valence-electron chi connectivity index (χ4n) is 1.05. The first-order valence-electron chi connectivity index (χ1n) is 4.68. The van der Waals surface area contributed by atoms with Crippen molar-refractivity contribution in [3.8, 4) is 6.01 Å². The number of nitrogens with two attached hydrogens (primary N) is 1. The third kappa shape index (κ3) is 2.56. The van der Waals surface area contributed by atoms with Crippen LogP contribution in [0.2, 0.25) is 0 Å². The second-order valence-corrected chi connectivity index (χ2v) is 5.01. The summed E-state index contributed by atoms with van der Waals surface area (Å²) in [6.45, 7) is 3.43. The highest BCUT2D eigenvalue weighted by Gasteiger charge is 2.14. The Morgan fingerprint density at radius 3 is 2.94 bits per heavy atom. The van der Waals surface area contributed by atoms with Crippen LogP contribution in [-0.2, 0) is 0 Å². The third-order valence-corrected chi connectivity index (χ3v) is 2.49. The maximum atomic E-state index is 9.49. The Morgan fingerprint density at radius 2 is 2.25 bits per heavy atom. The summed E-state index contributed by atoms with van der Waals surface area (Å²) in [6, 6.07) is 0.221. The van der Waals surface area contributed by atoms with Crippen molar-refractivity contribution in [1.82, 2.24) is 15.0 Å². The van der Waals surface area contributed by atoms with Crippen LogP contribution in [0.15, 0.2) is 6.20 Å². The molecule has 0 amide bonds. The van der Waals surface area contributed by atoms with E-state index >= 15 is 0 Å². The standard InChI is InChI=1S/C9H12N4O2S/c1-9(2,14)4-15-8-11-3-5-6(13-8)16-7(10)12-5/h3,14H,4H2,1-2H3,(H2,10,12). The molecule has 0 radical (unpaired) electrons. The summed E-state index contributed by atoms with van der Waals surface area (Å²) in [4.78, 5) is 12.8. The fourth-order valence-corrected chi connectivity index (χ4v) is 1.72. The molecule has 0 bridgehead atoms. The Bertz CT molecular complexity index is 506. The van der Waals surface area contributed by atoms with Gasteiger partial charge in [-0.2, -0.15) is 4.98 Å². The van der Waals surface area contributed by atoms with Gasteiger partial charge in [0.1, 0.15) is 12.1 Å². The minimum absolute atomic E-state index is 0.132. The molecule has 16 heavy (non-hydrogen) atoms. The Hall–Kier alpha value is -1.47. The van der Waals surface area contributed by atoms with E-state index in [1.165, 1.54) is 11.3 Å². The van der Waals surface area contributed by atoms with E-state index in [9.17, 15) is 5.11 Å². The van der Waals surface area contributed by atoms with Crippen LogP contribution in [0.4, 0.5) is 5.13 Å². The van der Waals surface area contributed by atoms with Gasteiger partial charge in [0.05, 0.1) is 11.8 Å². The highest BCUT2D eigenvalue weighted by Crippen LogP contribution is 2.22. The first kappa shape index (κ1) is 11.0. The second-order valence-electron chi connectivity index (χ2n) is 4.00. The molecular weight excluding hydrogens is 228 g/mol. The molecule has 6 nitrogen and oxygen atoms in total. The van der Waals surface area contributed by atoms with Gasteiger partial charge < -0.3 is 15.6 Å². The fraction of sp³-hybridized carbons (Fsp3) is 0.444. The Kier molecular flexibility index (Phi) is 2.64. The van der Waals surface area contributed by atoms with Crippen molar-refractivity contribution in [3.63, 3.8) is 0 Å². The highest BCUT2D eigenvalue weighted by atomic mass is 32.1. The molecule has 0 atom stereocenters. The molecule has 2 aromatic heterocycles. The SMILES string of the molecule is CC(C)(O)COc1ncc2nc(N)sc2n1. The molecule has 86 valence electrons. The van der Waals surface area contributed by atoms with Crippen molar-refractivity contribution in [3.05, 3.63) is 6.20 Å². The Morgan fingerprint density at radius 1 is 1.50 bits per heavy atom. The minimum Gasteiger partial charge on any atom is -0.460 e. The number of hydrogen-bond donors (Lipinski definition) is 2. The molecule has 3 N–H and O–H groups in total. The molecule has 0 spiro atoms. The van der Waals surface area contributed by atoms with Gasteiger partial charge >= 0.3 is 6.01 Å². The number of aliphatic hydroxyl groups is 1. The van der Waals surface area contributed by atoms with E-state index in [1.807, 2.05) is 0 Å². The summed E-state index contributed by atoms with van der Waals surface area (Å²) in [6.07, 6.45) is 1.55. The highest BCUT2D eigenvalue weighted by molar-refractivity contribution is 7.21. The van der Waals surface area contributed by atoms with Crippen LogP contribution < -0.4 is 10.5 Å². The van der Waals surface area contributed by atoms with E-state index in [1.54, 1.807) is 20.0 Å². The monoisotopic (exact) mass is 240 g/mol. The molecule has 2 rings (SSSR count). The predicted molar refractivity (Wildman–Crippen MR) is 61.4 cm³/mol. The summed E-state index contributed by atoms with van der Waals surface area (Å²) in [7, 11) is 0. The molecule has 0 unspecified atom stereocenters. The average molecular weight is 240 g/mol. The van der Waals surface area contributed by atoms with Gasteiger partial charge in [0.25, 0.3) is 0 Å². The lowest BCUT2D eigenvalue weighted by Crippen LogP contribution is -2.28. The molecule has 0 saturated carbocycles. The molecular formula is C9H12N4O2S. The lowest BCUT2D eigenvalue weighted by molar-refractivity contribution is 0.0251. The topological polar surface area (TPSA) is 94.2 Å². The maximum Gasteiger partial charge on any atom is 0.317 e. The number of nitrogens with zero attached hydrogens (tertiary/aromatic N) is 3. The van der Waals surface area contributed by atoms with Crippen LogP contribution in [-0.4, -0.2) is 32.3 Å². The van der Waals surface area contributed by atoms with E-state index in [-0.39, 0.29) is 12.6 Å². The zero-order valence-electron chi connectivity index (χ0n) is 8.97. The molecule has 0 aliphatic carbocycles. The first-order chi connectivity index (χ1) is 7.44. The van der Waals surface area contributed by atoms with Crippen LogP contribution in [0.5, 0.6) is 6.01 Å². The summed E-state index contributed by atoms with van der Waals surface area (Å²) < 4.78 is 5.25. The van der Waals surface area contributed by atoms with Gasteiger partial charge in [0, 0.05) is 0 Å². The number of anilines is 1. The average Bonchev–Trinajstić information content (AvgIpc) is 2.52. The van der Waals surface area contributed by atoms with E-state index in [4.69, 9.17) is 10.5 Å². The number of thiazole rings is 1. The molecule has 0 aromatic carbocycles. The molecule has 0 fully saturated rings. The first-order valence-corrected chi connectivity index (χ1v) is 5.50. The largest absolute Gasteiger partial charge is 0.460 e. The molecule has 2 aromatic rings. The van der Waals surface area contributed by atoms with Crippen molar-refractivity contribution >= 4 is 26.8 Å². The van der Waals surface area contributed by atoms with Gasteiger partial charge in [-0.3, -0.25) is 0 Å². The number of ether oxygens (including phenoxy) is 1. The minimum atomic E-state index is -0.912. The number of aromatic nitrogens is 3. The third-order valence-electron chi connectivity index (χ3n) is 1.70. The summed E-state index contributed by atoms with van der Waals surface area (Å²) in [5, 5.41) is 9.93. The van der Waals surface area contributed by atoms with Crippen molar-refractivity contribution in [2.45, 2.75) is 19.4 Å². The van der Waals surface area contributed by atoms with Crippen LogP contribution in [0, 0.1) is 0 Å². The van der Waals surface area contributed by atoms with Crippen LogP contribution in [0.1, 0.15) is 13.8 Å². The van der Waals surface area contributed by atoms with Crippen molar-refractivity contribution < 1.29 is 9.84 Å². The number of fused-ring (bicyclic) bond motifs is 1. The van der Waals surface area contributed by atoms with Crippen LogP contribution >= 0.6 is 11.3 Å². The normalized spacial score (nSPS) is 11.9. The lowest BCUT2D eigenvalue weighted by atomic mass is 10.2. The van der Waals surface area contributed by atoms with E-state index < -0.39 is 5.60 Å². The molecule has 0 aliphatic rings. The summed E-state index contributed by atoms with van der Waals surface area (Å²) in [5.74, 6) is 0. The quantitative estimate of drug-likeness (QED) is 0.824. The van der Waals surface area contributed by atoms with Crippen molar-refractivity contribution in [2.75, 3.05) is 12.3 Å². The van der Waals surface area contributed by atoms with Gasteiger partial charge in [-0.1, -0.05) is 11.3 Å². The van der Waals surface area contributed by atoms with Gasteiger partial charge in [-0.15, -0.1) is 0 Å². The zero-order chi connectivity index (χ0) is 11.8. The zero-order valence-corrected chi connectivity index (χ0v) is 9.78. The van der Waals surface area contributed by atoms with E-state index in [0.29, 0.717) is 15.5 Å². The van der Waals surface area contributed by atoms with E-state index in [2.05, 4.69) is 15.0 Å². The Labute approximate surface area is 96.1 Å². The smallest absolute Gasteiger partial charge is 0.317 e. The lowest BCUT2D eigenvalue weighted by Gasteiger charge is -2.16. The molecule has 2 heterocycles. The van der Waals surface area contributed by atoms with Crippen LogP contribution in [0.25, 0.3) is 10.3 Å². The summed E-state index contributed by atoms with van der Waals surface area (Å²) in [5.41, 5.74) is 5.28. The van der Waals surface area contributed by atoms with Crippen LogP contribution in [0.3, 0.4) is 0 Å². The predicted octanol–water partition coefficient (Wildman–Crippen LogP) is 0.818. The second kappa shape index (κ2) is 3.84. The number of hydrogen-bond acceptors (Lipinski definition) is 7.